The molecule has 0 atom stereocenters. The molecule has 0 unspecified atom stereocenters. The second kappa shape index (κ2) is 8.75. The Morgan fingerprint density at radius 1 is 1.14 bits per heavy atom. The standard InChI is InChI=1S/C21H25N3O3S/c1-25-17-6-5-15(14-18(17)26-2)7-10-24-11-8-16(9-12-24)21-22-20(23-27-21)19-4-3-13-28-19/h3-6,13-14,16H,7-12H2,1-2H3. The number of aromatic nitrogens is 2. The van der Waals surface area contributed by atoms with Gasteiger partial charge < -0.3 is 18.9 Å². The molecule has 6 nitrogen and oxygen atoms in total. The Labute approximate surface area is 169 Å². The fraction of sp³-hybridized carbons (Fsp3) is 0.429. The Morgan fingerprint density at radius 2 is 1.96 bits per heavy atom. The maximum Gasteiger partial charge on any atom is 0.230 e. The summed E-state index contributed by atoms with van der Waals surface area (Å²) in [4.78, 5) is 8.18. The van der Waals surface area contributed by atoms with E-state index in [0.717, 1.165) is 61.2 Å². The average molecular weight is 400 g/mol. The number of benzene rings is 1. The highest BCUT2D eigenvalue weighted by atomic mass is 32.1. The fourth-order valence-corrected chi connectivity index (χ4v) is 4.28. The highest BCUT2D eigenvalue weighted by Gasteiger charge is 2.25. The third kappa shape index (κ3) is 4.20. The van der Waals surface area contributed by atoms with Gasteiger partial charge in [0.2, 0.25) is 11.7 Å². The van der Waals surface area contributed by atoms with Gasteiger partial charge in [-0.15, -0.1) is 11.3 Å². The van der Waals surface area contributed by atoms with Gasteiger partial charge in [0.1, 0.15) is 0 Å². The lowest BCUT2D eigenvalue weighted by Crippen LogP contribution is -2.34. The van der Waals surface area contributed by atoms with Gasteiger partial charge in [-0.1, -0.05) is 17.3 Å². The highest BCUT2D eigenvalue weighted by Crippen LogP contribution is 2.30. The molecule has 1 fully saturated rings. The number of nitrogens with zero attached hydrogens (tertiary/aromatic N) is 3. The topological polar surface area (TPSA) is 60.6 Å². The van der Waals surface area contributed by atoms with Crippen LogP contribution in [0.15, 0.2) is 40.2 Å². The van der Waals surface area contributed by atoms with Crippen molar-refractivity contribution >= 4 is 11.3 Å². The van der Waals surface area contributed by atoms with Crippen molar-refractivity contribution < 1.29 is 14.0 Å². The van der Waals surface area contributed by atoms with Gasteiger partial charge in [-0.3, -0.25) is 0 Å². The van der Waals surface area contributed by atoms with Crippen molar-refractivity contribution in [2.45, 2.75) is 25.2 Å². The third-order valence-corrected chi connectivity index (χ3v) is 6.15. The van der Waals surface area contributed by atoms with Crippen LogP contribution in [-0.4, -0.2) is 48.9 Å². The summed E-state index contributed by atoms with van der Waals surface area (Å²) in [5.74, 6) is 3.41. The van der Waals surface area contributed by atoms with E-state index in [4.69, 9.17) is 14.0 Å². The minimum atomic E-state index is 0.360. The van der Waals surface area contributed by atoms with Gasteiger partial charge in [0.25, 0.3) is 0 Å². The fourth-order valence-electron chi connectivity index (χ4n) is 3.63. The molecule has 148 valence electrons. The van der Waals surface area contributed by atoms with Crippen molar-refractivity contribution in [1.29, 1.82) is 0 Å². The Morgan fingerprint density at radius 3 is 2.68 bits per heavy atom. The number of hydrogen-bond donors (Lipinski definition) is 0. The zero-order chi connectivity index (χ0) is 19.3. The molecule has 2 aromatic heterocycles. The summed E-state index contributed by atoms with van der Waals surface area (Å²) in [6.45, 7) is 3.13. The van der Waals surface area contributed by atoms with Gasteiger partial charge in [0.05, 0.1) is 19.1 Å². The summed E-state index contributed by atoms with van der Waals surface area (Å²) in [6.07, 6.45) is 3.10. The predicted octanol–water partition coefficient (Wildman–Crippen LogP) is 4.24. The molecule has 0 aliphatic carbocycles. The molecule has 0 N–H and O–H groups in total. The van der Waals surface area contributed by atoms with E-state index in [1.54, 1.807) is 25.6 Å². The SMILES string of the molecule is COc1ccc(CCN2CCC(c3nc(-c4cccs4)no3)CC2)cc1OC. The Bertz CT molecular complexity index is 886. The summed E-state index contributed by atoms with van der Waals surface area (Å²) in [5.41, 5.74) is 1.26. The number of hydrogen-bond acceptors (Lipinski definition) is 7. The zero-order valence-corrected chi connectivity index (χ0v) is 17.1. The Balaban J connectivity index is 1.29. The summed E-state index contributed by atoms with van der Waals surface area (Å²) >= 11 is 1.64. The molecule has 1 saturated heterocycles. The lowest BCUT2D eigenvalue weighted by atomic mass is 9.96. The average Bonchev–Trinajstić information content (AvgIpc) is 3.44. The van der Waals surface area contributed by atoms with Crippen molar-refractivity contribution in [2.75, 3.05) is 33.9 Å². The molecule has 0 saturated carbocycles. The first kappa shape index (κ1) is 19.0. The third-order valence-electron chi connectivity index (χ3n) is 5.28. The first-order valence-corrected chi connectivity index (χ1v) is 10.5. The van der Waals surface area contributed by atoms with E-state index in [9.17, 15) is 0 Å². The van der Waals surface area contributed by atoms with E-state index in [0.29, 0.717) is 11.7 Å². The molecule has 28 heavy (non-hydrogen) atoms. The molecular formula is C21H25N3O3S. The van der Waals surface area contributed by atoms with Crippen LogP contribution in [0.3, 0.4) is 0 Å². The number of methoxy groups -OCH3 is 2. The zero-order valence-electron chi connectivity index (χ0n) is 16.3. The molecule has 0 bridgehead atoms. The van der Waals surface area contributed by atoms with Crippen molar-refractivity contribution in [2.24, 2.45) is 0 Å². The quantitative estimate of drug-likeness (QED) is 0.592. The molecule has 3 aromatic rings. The van der Waals surface area contributed by atoms with Crippen LogP contribution in [0.4, 0.5) is 0 Å². The molecular weight excluding hydrogens is 374 g/mol. The van der Waals surface area contributed by atoms with Crippen LogP contribution in [0.1, 0.15) is 30.2 Å². The minimum Gasteiger partial charge on any atom is -0.493 e. The molecule has 1 aliphatic rings. The van der Waals surface area contributed by atoms with E-state index < -0.39 is 0 Å². The summed E-state index contributed by atoms with van der Waals surface area (Å²) in [7, 11) is 3.34. The van der Waals surface area contributed by atoms with Crippen molar-refractivity contribution in [3.8, 4) is 22.2 Å². The first-order valence-electron chi connectivity index (χ1n) is 9.57. The molecule has 4 rings (SSSR count). The highest BCUT2D eigenvalue weighted by molar-refractivity contribution is 7.13. The van der Waals surface area contributed by atoms with Crippen molar-refractivity contribution in [3.05, 3.63) is 47.2 Å². The Kier molecular flexibility index (Phi) is 5.92. The van der Waals surface area contributed by atoms with Crippen molar-refractivity contribution in [1.82, 2.24) is 15.0 Å². The molecule has 0 spiro atoms. The molecule has 0 radical (unpaired) electrons. The number of piperidine rings is 1. The van der Waals surface area contributed by atoms with Crippen LogP contribution in [0.25, 0.3) is 10.7 Å². The van der Waals surface area contributed by atoms with Gasteiger partial charge >= 0.3 is 0 Å². The molecule has 3 heterocycles. The van der Waals surface area contributed by atoms with Gasteiger partial charge in [-0.2, -0.15) is 4.98 Å². The smallest absolute Gasteiger partial charge is 0.230 e. The van der Waals surface area contributed by atoms with Gasteiger partial charge in [-0.25, -0.2) is 0 Å². The monoisotopic (exact) mass is 399 g/mol. The van der Waals surface area contributed by atoms with Crippen LogP contribution in [-0.2, 0) is 6.42 Å². The van der Waals surface area contributed by atoms with E-state index in [-0.39, 0.29) is 0 Å². The second-order valence-electron chi connectivity index (χ2n) is 6.99. The molecule has 7 heteroatoms. The maximum absolute atomic E-state index is 5.54. The van der Waals surface area contributed by atoms with E-state index >= 15 is 0 Å². The summed E-state index contributed by atoms with van der Waals surface area (Å²) < 4.78 is 16.3. The number of ether oxygens (including phenoxy) is 2. The van der Waals surface area contributed by atoms with E-state index in [2.05, 4.69) is 27.2 Å². The summed E-state index contributed by atoms with van der Waals surface area (Å²) in [6, 6.07) is 10.2. The lowest BCUT2D eigenvalue weighted by molar-refractivity contribution is 0.196. The van der Waals surface area contributed by atoms with Gasteiger partial charge in [0, 0.05) is 12.5 Å². The molecule has 1 aromatic carbocycles. The van der Waals surface area contributed by atoms with Crippen LogP contribution < -0.4 is 9.47 Å². The largest absolute Gasteiger partial charge is 0.493 e. The Hall–Kier alpha value is -2.38. The normalized spacial score (nSPS) is 15.6. The number of thiophene rings is 1. The van der Waals surface area contributed by atoms with Crippen LogP contribution in [0, 0.1) is 0 Å². The van der Waals surface area contributed by atoms with Crippen molar-refractivity contribution in [3.63, 3.8) is 0 Å². The first-order chi connectivity index (χ1) is 13.8. The predicted molar refractivity (Wildman–Crippen MR) is 109 cm³/mol. The number of rotatable bonds is 7. The van der Waals surface area contributed by atoms with Crippen LogP contribution in [0.2, 0.25) is 0 Å². The second-order valence-corrected chi connectivity index (χ2v) is 7.94. The van der Waals surface area contributed by atoms with Gasteiger partial charge in [-0.05, 0) is 61.5 Å². The van der Waals surface area contributed by atoms with E-state index in [1.807, 2.05) is 23.6 Å². The van der Waals surface area contributed by atoms with Crippen LogP contribution in [0.5, 0.6) is 11.5 Å². The molecule has 0 amide bonds. The minimum absolute atomic E-state index is 0.360. The van der Waals surface area contributed by atoms with E-state index in [1.165, 1.54) is 5.56 Å². The van der Waals surface area contributed by atoms with Crippen LogP contribution >= 0.6 is 11.3 Å². The molecule has 1 aliphatic heterocycles. The lowest BCUT2D eigenvalue weighted by Gasteiger charge is -2.30. The maximum atomic E-state index is 5.54. The summed E-state index contributed by atoms with van der Waals surface area (Å²) in [5, 5.41) is 6.18. The number of likely N-dealkylation sites (tertiary alicyclic amines) is 1. The van der Waals surface area contributed by atoms with Gasteiger partial charge in [0.15, 0.2) is 11.5 Å².